The first-order chi connectivity index (χ1) is 6.74. The Hall–Kier alpha value is -0.830. The predicted octanol–water partition coefficient (Wildman–Crippen LogP) is 2.37. The van der Waals surface area contributed by atoms with Crippen LogP contribution in [0, 0.1) is 5.92 Å². The summed E-state index contributed by atoms with van der Waals surface area (Å²) in [4.78, 5) is 4.07. The average molecular weight is 196 g/mol. The summed E-state index contributed by atoms with van der Waals surface area (Å²) < 4.78 is 2.00. The molecule has 0 aliphatic rings. The molecule has 1 rings (SSSR count). The summed E-state index contributed by atoms with van der Waals surface area (Å²) in [7, 11) is 0. The van der Waals surface area contributed by atoms with Crippen molar-refractivity contribution >= 4 is 0 Å². The molecular formula is C11H20N2O. The standard InChI is InChI=1S/C11H20N2O/c1-4-9(5-2)11(14)10-7-12-8-13(10)6-3/h7-9,11,14H,4-6H2,1-3H3. The lowest BCUT2D eigenvalue weighted by molar-refractivity contribution is 0.0956. The molecular weight excluding hydrogens is 176 g/mol. The highest BCUT2D eigenvalue weighted by atomic mass is 16.3. The van der Waals surface area contributed by atoms with E-state index >= 15 is 0 Å². The lowest BCUT2D eigenvalue weighted by atomic mass is 9.94. The van der Waals surface area contributed by atoms with Crippen molar-refractivity contribution in [2.24, 2.45) is 5.92 Å². The summed E-state index contributed by atoms with van der Waals surface area (Å²) in [5.41, 5.74) is 0.946. The maximum atomic E-state index is 10.1. The van der Waals surface area contributed by atoms with Gasteiger partial charge in [0.15, 0.2) is 0 Å². The van der Waals surface area contributed by atoms with Gasteiger partial charge in [0, 0.05) is 6.54 Å². The molecule has 0 aliphatic heterocycles. The highest BCUT2D eigenvalue weighted by Crippen LogP contribution is 2.26. The molecule has 0 amide bonds. The Balaban J connectivity index is 2.81. The van der Waals surface area contributed by atoms with E-state index in [1.165, 1.54) is 0 Å². The van der Waals surface area contributed by atoms with Crippen molar-refractivity contribution in [3.8, 4) is 0 Å². The molecule has 0 aromatic carbocycles. The Labute approximate surface area is 85.8 Å². The van der Waals surface area contributed by atoms with Crippen LogP contribution in [0.1, 0.15) is 45.4 Å². The van der Waals surface area contributed by atoms with Crippen LogP contribution in [0.25, 0.3) is 0 Å². The quantitative estimate of drug-likeness (QED) is 0.785. The van der Waals surface area contributed by atoms with Gasteiger partial charge in [-0.2, -0.15) is 0 Å². The zero-order chi connectivity index (χ0) is 10.6. The third kappa shape index (κ3) is 2.15. The Bertz CT molecular complexity index is 266. The van der Waals surface area contributed by atoms with Crippen LogP contribution in [-0.2, 0) is 6.54 Å². The van der Waals surface area contributed by atoms with Gasteiger partial charge in [-0.3, -0.25) is 0 Å². The summed E-state index contributed by atoms with van der Waals surface area (Å²) in [5, 5.41) is 10.1. The number of hydrogen-bond donors (Lipinski definition) is 1. The normalized spacial score (nSPS) is 13.5. The molecule has 3 nitrogen and oxygen atoms in total. The van der Waals surface area contributed by atoms with E-state index in [-0.39, 0.29) is 6.10 Å². The number of aryl methyl sites for hydroxylation is 1. The van der Waals surface area contributed by atoms with Crippen LogP contribution in [0.5, 0.6) is 0 Å². The predicted molar refractivity (Wildman–Crippen MR) is 56.9 cm³/mol. The maximum absolute atomic E-state index is 10.1. The fraction of sp³-hybridized carbons (Fsp3) is 0.727. The van der Waals surface area contributed by atoms with Gasteiger partial charge in [-0.05, 0) is 12.8 Å². The monoisotopic (exact) mass is 196 g/mol. The van der Waals surface area contributed by atoms with Crippen LogP contribution in [0.4, 0.5) is 0 Å². The molecule has 0 spiro atoms. The number of rotatable bonds is 5. The fourth-order valence-corrected chi connectivity index (χ4v) is 1.82. The summed E-state index contributed by atoms with van der Waals surface area (Å²) in [6, 6.07) is 0. The first-order valence-corrected chi connectivity index (χ1v) is 5.42. The maximum Gasteiger partial charge on any atom is 0.0983 e. The Morgan fingerprint density at radius 1 is 1.36 bits per heavy atom. The van der Waals surface area contributed by atoms with E-state index < -0.39 is 0 Å². The second-order valence-electron chi connectivity index (χ2n) is 3.63. The summed E-state index contributed by atoms with van der Waals surface area (Å²) in [6.45, 7) is 7.16. The topological polar surface area (TPSA) is 38.1 Å². The minimum Gasteiger partial charge on any atom is -0.387 e. The first-order valence-electron chi connectivity index (χ1n) is 5.42. The molecule has 14 heavy (non-hydrogen) atoms. The SMILES string of the molecule is CCC(CC)C(O)c1cncn1CC. The number of nitrogens with zero attached hydrogens (tertiary/aromatic N) is 2. The van der Waals surface area contributed by atoms with Gasteiger partial charge in [0.2, 0.25) is 0 Å². The van der Waals surface area contributed by atoms with Gasteiger partial charge in [0.25, 0.3) is 0 Å². The smallest absolute Gasteiger partial charge is 0.0983 e. The number of aliphatic hydroxyl groups excluding tert-OH is 1. The second kappa shape index (κ2) is 5.15. The van der Waals surface area contributed by atoms with Gasteiger partial charge < -0.3 is 9.67 Å². The van der Waals surface area contributed by atoms with Crippen LogP contribution < -0.4 is 0 Å². The minimum atomic E-state index is -0.368. The van der Waals surface area contributed by atoms with Crippen molar-refractivity contribution in [2.45, 2.75) is 46.3 Å². The van der Waals surface area contributed by atoms with Gasteiger partial charge in [0.1, 0.15) is 0 Å². The highest BCUT2D eigenvalue weighted by molar-refractivity contribution is 5.04. The Morgan fingerprint density at radius 3 is 2.50 bits per heavy atom. The van der Waals surface area contributed by atoms with E-state index in [0.717, 1.165) is 25.1 Å². The van der Waals surface area contributed by atoms with E-state index in [9.17, 15) is 5.11 Å². The number of aromatic nitrogens is 2. The number of hydrogen-bond acceptors (Lipinski definition) is 2. The molecule has 1 atom stereocenters. The van der Waals surface area contributed by atoms with Gasteiger partial charge in [-0.15, -0.1) is 0 Å². The molecule has 0 radical (unpaired) electrons. The van der Waals surface area contributed by atoms with E-state index in [1.807, 2.05) is 4.57 Å². The average Bonchev–Trinajstić information content (AvgIpc) is 2.67. The van der Waals surface area contributed by atoms with Gasteiger partial charge in [-0.1, -0.05) is 26.7 Å². The van der Waals surface area contributed by atoms with E-state index in [4.69, 9.17) is 0 Å². The van der Waals surface area contributed by atoms with Crippen LogP contribution in [0.3, 0.4) is 0 Å². The lowest BCUT2D eigenvalue weighted by Gasteiger charge is -2.20. The van der Waals surface area contributed by atoms with Crippen molar-refractivity contribution in [3.05, 3.63) is 18.2 Å². The summed E-state index contributed by atoms with van der Waals surface area (Å²) >= 11 is 0. The largest absolute Gasteiger partial charge is 0.387 e. The number of aliphatic hydroxyl groups is 1. The van der Waals surface area contributed by atoms with E-state index in [0.29, 0.717) is 5.92 Å². The summed E-state index contributed by atoms with van der Waals surface area (Å²) in [6.07, 6.45) is 5.19. The molecule has 1 aromatic rings. The van der Waals surface area contributed by atoms with Crippen LogP contribution in [0.15, 0.2) is 12.5 Å². The van der Waals surface area contributed by atoms with Crippen LogP contribution in [0.2, 0.25) is 0 Å². The first kappa shape index (κ1) is 11.2. The van der Waals surface area contributed by atoms with Crippen molar-refractivity contribution in [1.82, 2.24) is 9.55 Å². The van der Waals surface area contributed by atoms with E-state index in [1.54, 1.807) is 12.5 Å². The molecule has 0 saturated carbocycles. The van der Waals surface area contributed by atoms with Gasteiger partial charge in [0.05, 0.1) is 24.3 Å². The van der Waals surface area contributed by atoms with Crippen molar-refractivity contribution in [1.29, 1.82) is 0 Å². The van der Waals surface area contributed by atoms with Crippen molar-refractivity contribution < 1.29 is 5.11 Å². The second-order valence-corrected chi connectivity index (χ2v) is 3.63. The number of imidazole rings is 1. The van der Waals surface area contributed by atoms with Crippen LogP contribution in [-0.4, -0.2) is 14.7 Å². The molecule has 3 heteroatoms. The molecule has 80 valence electrons. The highest BCUT2D eigenvalue weighted by Gasteiger charge is 2.20. The Kier molecular flexibility index (Phi) is 4.14. The van der Waals surface area contributed by atoms with Crippen molar-refractivity contribution in [2.75, 3.05) is 0 Å². The minimum absolute atomic E-state index is 0.344. The van der Waals surface area contributed by atoms with Crippen molar-refractivity contribution in [3.63, 3.8) is 0 Å². The molecule has 1 N–H and O–H groups in total. The van der Waals surface area contributed by atoms with Crippen LogP contribution >= 0.6 is 0 Å². The molecule has 0 aliphatic carbocycles. The third-order valence-corrected chi connectivity index (χ3v) is 2.88. The molecule has 0 bridgehead atoms. The zero-order valence-corrected chi connectivity index (χ0v) is 9.27. The third-order valence-electron chi connectivity index (χ3n) is 2.88. The Morgan fingerprint density at radius 2 is 2.00 bits per heavy atom. The molecule has 1 unspecified atom stereocenters. The zero-order valence-electron chi connectivity index (χ0n) is 9.27. The molecule has 0 fully saturated rings. The molecule has 1 heterocycles. The lowest BCUT2D eigenvalue weighted by Crippen LogP contribution is -2.14. The summed E-state index contributed by atoms with van der Waals surface area (Å²) in [5.74, 6) is 0.344. The molecule has 1 aromatic heterocycles. The molecule has 0 saturated heterocycles. The van der Waals surface area contributed by atoms with E-state index in [2.05, 4.69) is 25.8 Å². The fourth-order valence-electron chi connectivity index (χ4n) is 1.82. The van der Waals surface area contributed by atoms with Gasteiger partial charge >= 0.3 is 0 Å². The van der Waals surface area contributed by atoms with Gasteiger partial charge in [-0.25, -0.2) is 4.98 Å².